The predicted octanol–water partition coefficient (Wildman–Crippen LogP) is 3.61. The Hall–Kier alpha value is -1.02. The molecule has 1 radical (unpaired) electrons. The molecule has 15 heavy (non-hydrogen) atoms. The van der Waals surface area contributed by atoms with Gasteiger partial charge in [0.15, 0.2) is 6.33 Å². The van der Waals surface area contributed by atoms with Crippen molar-refractivity contribution in [1.82, 2.24) is 9.97 Å². The van der Waals surface area contributed by atoms with Crippen molar-refractivity contribution < 1.29 is 0 Å². The fraction of sp³-hybridized carbons (Fsp3) is 0.417. The molecule has 3 heteroatoms. The highest BCUT2D eigenvalue weighted by atomic mass is 35.5. The van der Waals surface area contributed by atoms with Gasteiger partial charge in [-0.1, -0.05) is 32.4 Å². The van der Waals surface area contributed by atoms with Gasteiger partial charge in [0.2, 0.25) is 0 Å². The topological polar surface area (TPSA) is 28.7 Å². The van der Waals surface area contributed by atoms with Crippen LogP contribution in [0.5, 0.6) is 0 Å². The van der Waals surface area contributed by atoms with Crippen LogP contribution in [0.2, 0.25) is 5.02 Å². The summed E-state index contributed by atoms with van der Waals surface area (Å²) in [5, 5.41) is 0.790. The molecule has 0 unspecified atom stereocenters. The van der Waals surface area contributed by atoms with Crippen LogP contribution < -0.4 is 0 Å². The second-order valence-electron chi connectivity index (χ2n) is 5.01. The third-order valence-corrected chi connectivity index (χ3v) is 2.65. The summed E-state index contributed by atoms with van der Waals surface area (Å²) in [6.45, 7) is 6.58. The highest BCUT2D eigenvalue weighted by molar-refractivity contribution is 6.32. The smallest absolute Gasteiger partial charge is 0.174 e. The second-order valence-corrected chi connectivity index (χ2v) is 5.42. The Morgan fingerprint density at radius 1 is 1.40 bits per heavy atom. The van der Waals surface area contributed by atoms with Gasteiger partial charge in [0.1, 0.15) is 0 Å². The molecule has 0 saturated heterocycles. The Morgan fingerprint density at radius 2 is 2.13 bits per heavy atom. The average Bonchev–Trinajstić information content (AvgIpc) is 2.56. The van der Waals surface area contributed by atoms with Crippen molar-refractivity contribution in [3.8, 4) is 0 Å². The van der Waals surface area contributed by atoms with E-state index in [4.69, 9.17) is 11.6 Å². The third-order valence-electron chi connectivity index (χ3n) is 2.29. The fourth-order valence-electron chi connectivity index (χ4n) is 1.68. The Labute approximate surface area is 94.7 Å². The predicted molar refractivity (Wildman–Crippen MR) is 63.1 cm³/mol. The van der Waals surface area contributed by atoms with E-state index in [9.17, 15) is 0 Å². The molecule has 0 amide bonds. The number of aromatic amines is 1. The van der Waals surface area contributed by atoms with E-state index in [-0.39, 0.29) is 5.41 Å². The van der Waals surface area contributed by atoms with Crippen molar-refractivity contribution in [1.29, 1.82) is 0 Å². The minimum Gasteiger partial charge on any atom is -0.335 e. The minimum absolute atomic E-state index is 0.205. The molecule has 0 aliphatic rings. The summed E-state index contributed by atoms with van der Waals surface area (Å²) in [6, 6.07) is 3.85. The lowest BCUT2D eigenvalue weighted by molar-refractivity contribution is 0.412. The Balaban J connectivity index is 2.56. The maximum absolute atomic E-state index is 6.20. The Bertz CT molecular complexity index is 480. The normalized spacial score (nSPS) is 12.3. The number of rotatable bonds is 1. The zero-order valence-corrected chi connectivity index (χ0v) is 9.94. The highest BCUT2D eigenvalue weighted by Crippen LogP contribution is 2.30. The molecule has 2 rings (SSSR count). The van der Waals surface area contributed by atoms with Crippen LogP contribution in [0.15, 0.2) is 12.1 Å². The Morgan fingerprint density at radius 3 is 2.80 bits per heavy atom. The number of H-pyrrole nitrogens is 1. The van der Waals surface area contributed by atoms with E-state index in [2.05, 4.69) is 37.1 Å². The van der Waals surface area contributed by atoms with Crippen molar-refractivity contribution in [3.05, 3.63) is 29.0 Å². The van der Waals surface area contributed by atoms with Crippen molar-refractivity contribution in [2.24, 2.45) is 5.41 Å². The number of nitrogens with zero attached hydrogens (tertiary/aromatic N) is 1. The van der Waals surface area contributed by atoms with E-state index < -0.39 is 0 Å². The van der Waals surface area contributed by atoms with E-state index in [0.29, 0.717) is 0 Å². The molecule has 0 spiro atoms. The molecule has 2 aromatic rings. The SMILES string of the molecule is CC(C)(C)Cc1c(Cl)ccc2[nH][c]nc12. The molecule has 0 fully saturated rings. The number of fused-ring (bicyclic) bond motifs is 1. The number of halogens is 1. The lowest BCUT2D eigenvalue weighted by atomic mass is 9.87. The summed E-state index contributed by atoms with van der Waals surface area (Å²) < 4.78 is 0. The van der Waals surface area contributed by atoms with Crippen molar-refractivity contribution in [2.75, 3.05) is 0 Å². The molecule has 1 heterocycles. The van der Waals surface area contributed by atoms with Gasteiger partial charge >= 0.3 is 0 Å². The first-order valence-electron chi connectivity index (χ1n) is 5.00. The average molecular weight is 222 g/mol. The maximum atomic E-state index is 6.20. The molecule has 2 nitrogen and oxygen atoms in total. The summed E-state index contributed by atoms with van der Waals surface area (Å²) in [6.07, 6.45) is 3.68. The molecule has 1 aromatic carbocycles. The fourth-order valence-corrected chi connectivity index (χ4v) is 1.90. The summed E-state index contributed by atoms with van der Waals surface area (Å²) >= 11 is 6.20. The van der Waals surface area contributed by atoms with Gasteiger partial charge in [-0.25, -0.2) is 4.98 Å². The lowest BCUT2D eigenvalue weighted by Gasteiger charge is -2.19. The van der Waals surface area contributed by atoms with Crippen LogP contribution in [0.4, 0.5) is 0 Å². The van der Waals surface area contributed by atoms with Gasteiger partial charge in [0.25, 0.3) is 0 Å². The van der Waals surface area contributed by atoms with Crippen LogP contribution in [-0.4, -0.2) is 9.97 Å². The number of aromatic nitrogens is 2. The van der Waals surface area contributed by atoms with Gasteiger partial charge in [0.05, 0.1) is 11.0 Å². The van der Waals surface area contributed by atoms with Crippen LogP contribution in [0.1, 0.15) is 26.3 Å². The maximum Gasteiger partial charge on any atom is 0.174 e. The monoisotopic (exact) mass is 221 g/mol. The molecular formula is C12H14ClN2. The van der Waals surface area contributed by atoms with Gasteiger partial charge in [-0.3, -0.25) is 0 Å². The summed E-state index contributed by atoms with van der Waals surface area (Å²) in [5.74, 6) is 0. The first kappa shape index (κ1) is 10.5. The first-order valence-corrected chi connectivity index (χ1v) is 5.38. The second kappa shape index (κ2) is 3.53. The number of imidazole rings is 1. The van der Waals surface area contributed by atoms with Gasteiger partial charge in [-0.05, 0) is 29.5 Å². The van der Waals surface area contributed by atoms with Gasteiger partial charge in [-0.15, -0.1) is 0 Å². The summed E-state index contributed by atoms with van der Waals surface area (Å²) in [5.41, 5.74) is 3.26. The van der Waals surface area contributed by atoms with E-state index in [1.165, 1.54) is 0 Å². The minimum atomic E-state index is 0.205. The highest BCUT2D eigenvalue weighted by Gasteiger charge is 2.17. The third kappa shape index (κ3) is 2.15. The van der Waals surface area contributed by atoms with Crippen molar-refractivity contribution in [3.63, 3.8) is 0 Å². The summed E-state index contributed by atoms with van der Waals surface area (Å²) in [4.78, 5) is 7.18. The molecule has 0 aliphatic heterocycles. The van der Waals surface area contributed by atoms with Crippen LogP contribution in [0, 0.1) is 11.7 Å². The van der Waals surface area contributed by atoms with E-state index >= 15 is 0 Å². The largest absolute Gasteiger partial charge is 0.335 e. The van der Waals surface area contributed by atoms with Crippen LogP contribution in [0.3, 0.4) is 0 Å². The van der Waals surface area contributed by atoms with Crippen LogP contribution >= 0.6 is 11.6 Å². The van der Waals surface area contributed by atoms with Crippen molar-refractivity contribution in [2.45, 2.75) is 27.2 Å². The molecule has 0 saturated carbocycles. The molecule has 79 valence electrons. The number of benzene rings is 1. The lowest BCUT2D eigenvalue weighted by Crippen LogP contribution is -2.10. The molecular weight excluding hydrogens is 208 g/mol. The molecule has 1 N–H and O–H groups in total. The molecule has 0 bridgehead atoms. The van der Waals surface area contributed by atoms with Gasteiger partial charge in [0, 0.05) is 5.02 Å². The molecule has 1 aromatic heterocycles. The standard InChI is InChI=1S/C12H14ClN2/c1-12(2,3)6-8-9(13)4-5-10-11(8)15-7-14-10/h4-5H,6H2,1-3H3,(H,14,15). The zero-order valence-electron chi connectivity index (χ0n) is 9.19. The van der Waals surface area contributed by atoms with E-state index in [1.54, 1.807) is 0 Å². The quantitative estimate of drug-likeness (QED) is 0.783. The van der Waals surface area contributed by atoms with Crippen molar-refractivity contribution >= 4 is 22.6 Å². The van der Waals surface area contributed by atoms with Crippen LogP contribution in [-0.2, 0) is 6.42 Å². The zero-order chi connectivity index (χ0) is 11.1. The number of hydrogen-bond acceptors (Lipinski definition) is 1. The molecule has 0 aliphatic carbocycles. The number of hydrogen-bond donors (Lipinski definition) is 1. The first-order chi connectivity index (χ1) is 6.97. The van der Waals surface area contributed by atoms with E-state index in [0.717, 1.165) is 28.0 Å². The molecule has 0 atom stereocenters. The van der Waals surface area contributed by atoms with Crippen LogP contribution in [0.25, 0.3) is 11.0 Å². The van der Waals surface area contributed by atoms with Gasteiger partial charge < -0.3 is 4.98 Å². The summed E-state index contributed by atoms with van der Waals surface area (Å²) in [7, 11) is 0. The Kier molecular flexibility index (Phi) is 2.47. The van der Waals surface area contributed by atoms with E-state index in [1.807, 2.05) is 12.1 Å². The van der Waals surface area contributed by atoms with Gasteiger partial charge in [-0.2, -0.15) is 0 Å². The number of nitrogens with one attached hydrogen (secondary N) is 1.